The molecule has 0 radical (unpaired) electrons. The second-order valence-corrected chi connectivity index (χ2v) is 11.0. The van der Waals surface area contributed by atoms with Gasteiger partial charge >= 0.3 is 0 Å². The highest BCUT2D eigenvalue weighted by Gasteiger charge is 2.22. The third-order valence-electron chi connectivity index (χ3n) is 5.38. The zero-order chi connectivity index (χ0) is 22.7. The van der Waals surface area contributed by atoms with Crippen molar-refractivity contribution in [3.8, 4) is 0 Å². The second kappa shape index (κ2) is 9.76. The maximum absolute atomic E-state index is 13.0. The first-order chi connectivity index (χ1) is 15.3. The molecular formula is C22H24ClN3O4S2. The van der Waals surface area contributed by atoms with Crippen molar-refractivity contribution in [2.45, 2.75) is 4.90 Å². The van der Waals surface area contributed by atoms with E-state index in [1.165, 1.54) is 34.8 Å². The summed E-state index contributed by atoms with van der Waals surface area (Å²) in [6, 6.07) is 13.2. The number of rotatable bonds is 7. The molecule has 10 heteroatoms. The van der Waals surface area contributed by atoms with E-state index >= 15 is 0 Å². The predicted molar refractivity (Wildman–Crippen MR) is 128 cm³/mol. The Kier molecular flexibility index (Phi) is 7.02. The molecule has 3 aromatic rings. The van der Waals surface area contributed by atoms with E-state index in [2.05, 4.69) is 10.2 Å². The molecule has 1 N–H and O–H groups in total. The first-order valence-corrected chi connectivity index (χ1v) is 12.8. The van der Waals surface area contributed by atoms with Gasteiger partial charge in [0.2, 0.25) is 0 Å². The topological polar surface area (TPSA) is 79.0 Å². The molecule has 1 aromatic heterocycles. The van der Waals surface area contributed by atoms with Crippen LogP contribution in [0.2, 0.25) is 5.02 Å². The lowest BCUT2D eigenvalue weighted by Gasteiger charge is -2.26. The van der Waals surface area contributed by atoms with Gasteiger partial charge in [0.05, 0.1) is 28.7 Å². The molecule has 170 valence electrons. The third-order valence-corrected chi connectivity index (χ3v) is 8.54. The van der Waals surface area contributed by atoms with Crippen molar-refractivity contribution in [2.75, 3.05) is 50.7 Å². The van der Waals surface area contributed by atoms with Gasteiger partial charge in [-0.2, -0.15) is 0 Å². The molecule has 7 nitrogen and oxygen atoms in total. The van der Waals surface area contributed by atoms with Crippen LogP contribution in [0.25, 0.3) is 10.1 Å². The van der Waals surface area contributed by atoms with Crippen LogP contribution in [-0.2, 0) is 14.8 Å². The van der Waals surface area contributed by atoms with Crippen LogP contribution in [0.15, 0.2) is 53.4 Å². The molecule has 0 unspecified atom stereocenters. The number of ether oxygens (including phenoxy) is 1. The Morgan fingerprint density at radius 2 is 1.88 bits per heavy atom. The summed E-state index contributed by atoms with van der Waals surface area (Å²) in [7, 11) is -2.21. The SMILES string of the molecule is CN(c1ccc2sc(C(=O)NCCN3CCOCC3)cc2c1)S(=O)(=O)c1ccc(Cl)cc1. The standard InChI is InChI=1S/C22H24ClN3O4S2/c1-25(32(28,29)19-5-2-17(23)3-6-19)18-4-7-20-16(14-18)15-21(31-20)22(27)24-8-9-26-10-12-30-13-11-26/h2-7,14-15H,8-13H2,1H3,(H,24,27). The van der Waals surface area contributed by atoms with Crippen molar-refractivity contribution in [3.63, 3.8) is 0 Å². The molecule has 2 heterocycles. The number of fused-ring (bicyclic) bond motifs is 1. The molecule has 1 amide bonds. The maximum atomic E-state index is 13.0. The fraction of sp³-hybridized carbons (Fsp3) is 0.318. The van der Waals surface area contributed by atoms with E-state index in [1.54, 1.807) is 30.3 Å². The normalized spacial score (nSPS) is 15.1. The van der Waals surface area contributed by atoms with Gasteiger partial charge in [-0.3, -0.25) is 14.0 Å². The summed E-state index contributed by atoms with van der Waals surface area (Å²) in [6.45, 7) is 4.59. The zero-order valence-corrected chi connectivity index (χ0v) is 20.0. The third kappa shape index (κ3) is 5.07. The number of halogens is 1. The average molecular weight is 494 g/mol. The van der Waals surface area contributed by atoms with Gasteiger partial charge in [-0.15, -0.1) is 11.3 Å². The van der Waals surface area contributed by atoms with Crippen molar-refractivity contribution < 1.29 is 17.9 Å². The van der Waals surface area contributed by atoms with Gasteiger partial charge in [0, 0.05) is 42.9 Å². The highest BCUT2D eigenvalue weighted by atomic mass is 35.5. The fourth-order valence-corrected chi connectivity index (χ4v) is 5.75. The van der Waals surface area contributed by atoms with E-state index < -0.39 is 10.0 Å². The molecular weight excluding hydrogens is 470 g/mol. The molecule has 1 saturated heterocycles. The van der Waals surface area contributed by atoms with Crippen molar-refractivity contribution in [2.24, 2.45) is 0 Å². The van der Waals surface area contributed by atoms with Crippen LogP contribution in [0.1, 0.15) is 9.67 Å². The Labute approximate surface area is 196 Å². The van der Waals surface area contributed by atoms with Crippen LogP contribution in [-0.4, -0.2) is 65.7 Å². The van der Waals surface area contributed by atoms with E-state index in [0.29, 0.717) is 22.1 Å². The molecule has 1 aliphatic heterocycles. The minimum Gasteiger partial charge on any atom is -0.379 e. The maximum Gasteiger partial charge on any atom is 0.264 e. The summed E-state index contributed by atoms with van der Waals surface area (Å²) in [6.07, 6.45) is 0. The Morgan fingerprint density at radius 3 is 2.59 bits per heavy atom. The van der Waals surface area contributed by atoms with Gasteiger partial charge in [-0.25, -0.2) is 8.42 Å². The minimum atomic E-state index is -3.72. The lowest BCUT2D eigenvalue weighted by atomic mass is 10.2. The number of carbonyl (C=O) groups is 1. The van der Waals surface area contributed by atoms with Crippen LogP contribution in [0.4, 0.5) is 5.69 Å². The summed E-state index contributed by atoms with van der Waals surface area (Å²) in [4.78, 5) is 15.6. The summed E-state index contributed by atoms with van der Waals surface area (Å²) >= 11 is 7.26. The summed E-state index contributed by atoms with van der Waals surface area (Å²) in [5, 5.41) is 4.26. The number of thiophene rings is 1. The predicted octanol–water partition coefficient (Wildman–Crippen LogP) is 3.44. The molecule has 0 spiro atoms. The van der Waals surface area contributed by atoms with Crippen molar-refractivity contribution >= 4 is 54.6 Å². The van der Waals surface area contributed by atoms with Crippen LogP contribution < -0.4 is 9.62 Å². The van der Waals surface area contributed by atoms with Crippen molar-refractivity contribution in [1.29, 1.82) is 0 Å². The van der Waals surface area contributed by atoms with Crippen LogP contribution >= 0.6 is 22.9 Å². The number of carbonyl (C=O) groups excluding carboxylic acids is 1. The highest BCUT2D eigenvalue weighted by Crippen LogP contribution is 2.31. The largest absolute Gasteiger partial charge is 0.379 e. The number of anilines is 1. The number of morpholine rings is 1. The molecule has 1 aliphatic rings. The Bertz CT molecular complexity index is 1210. The molecule has 0 bridgehead atoms. The average Bonchev–Trinajstić information content (AvgIpc) is 3.23. The van der Waals surface area contributed by atoms with Crippen LogP contribution in [0.5, 0.6) is 0 Å². The van der Waals surface area contributed by atoms with Gasteiger partial charge in [0.1, 0.15) is 0 Å². The molecule has 32 heavy (non-hydrogen) atoms. The first-order valence-electron chi connectivity index (χ1n) is 10.2. The number of hydrogen-bond acceptors (Lipinski definition) is 6. The Morgan fingerprint density at radius 1 is 1.16 bits per heavy atom. The summed E-state index contributed by atoms with van der Waals surface area (Å²) in [5.74, 6) is -0.122. The highest BCUT2D eigenvalue weighted by molar-refractivity contribution is 7.92. The summed E-state index contributed by atoms with van der Waals surface area (Å²) in [5.41, 5.74) is 0.518. The number of amides is 1. The van der Waals surface area contributed by atoms with Gasteiger partial charge in [-0.1, -0.05) is 11.6 Å². The molecule has 0 atom stereocenters. The van der Waals surface area contributed by atoms with Crippen molar-refractivity contribution in [1.82, 2.24) is 10.2 Å². The van der Waals surface area contributed by atoms with E-state index in [1.807, 2.05) is 6.07 Å². The van der Waals surface area contributed by atoms with Gasteiger partial charge in [-0.05, 0) is 53.9 Å². The minimum absolute atomic E-state index is 0.122. The van der Waals surface area contributed by atoms with Crippen LogP contribution in [0, 0.1) is 0 Å². The van der Waals surface area contributed by atoms with Gasteiger partial charge in [0.15, 0.2) is 0 Å². The molecule has 0 saturated carbocycles. The monoisotopic (exact) mass is 493 g/mol. The lowest BCUT2D eigenvalue weighted by molar-refractivity contribution is 0.0383. The zero-order valence-electron chi connectivity index (χ0n) is 17.6. The molecule has 0 aliphatic carbocycles. The lowest BCUT2D eigenvalue weighted by Crippen LogP contribution is -2.41. The number of hydrogen-bond donors (Lipinski definition) is 1. The second-order valence-electron chi connectivity index (χ2n) is 7.47. The number of nitrogens with one attached hydrogen (secondary N) is 1. The van der Waals surface area contributed by atoms with Crippen molar-refractivity contribution in [3.05, 3.63) is 58.4 Å². The van der Waals surface area contributed by atoms with Gasteiger partial charge < -0.3 is 10.1 Å². The van der Waals surface area contributed by atoms with E-state index in [4.69, 9.17) is 16.3 Å². The number of benzene rings is 2. The first kappa shape index (κ1) is 23.0. The van der Waals surface area contributed by atoms with Gasteiger partial charge in [0.25, 0.3) is 15.9 Å². The summed E-state index contributed by atoms with van der Waals surface area (Å²) < 4.78 is 33.4. The molecule has 1 fully saturated rings. The van der Waals surface area contributed by atoms with E-state index in [-0.39, 0.29) is 10.8 Å². The quantitative estimate of drug-likeness (QED) is 0.545. The van der Waals surface area contributed by atoms with Crippen LogP contribution in [0.3, 0.4) is 0 Å². The molecule has 2 aromatic carbocycles. The number of nitrogens with zero attached hydrogens (tertiary/aromatic N) is 2. The molecule has 4 rings (SSSR count). The Hall–Kier alpha value is -2.17. The van der Waals surface area contributed by atoms with E-state index in [9.17, 15) is 13.2 Å². The van der Waals surface area contributed by atoms with E-state index in [0.717, 1.165) is 42.9 Å². The smallest absolute Gasteiger partial charge is 0.264 e. The Balaban J connectivity index is 1.46. The number of sulfonamides is 1. The fourth-order valence-electron chi connectivity index (χ4n) is 3.48.